The number of hydrogen-bond acceptors (Lipinski definition) is 6. The zero-order valence-corrected chi connectivity index (χ0v) is 21.0. The molecule has 0 atom stereocenters. The lowest BCUT2D eigenvalue weighted by atomic mass is 9.99. The Morgan fingerprint density at radius 2 is 1.97 bits per heavy atom. The predicted octanol–water partition coefficient (Wildman–Crippen LogP) is 7.70. The smallest absolute Gasteiger partial charge is 0.353 e. The van der Waals surface area contributed by atoms with Gasteiger partial charge in [-0.25, -0.2) is 14.2 Å². The van der Waals surface area contributed by atoms with Gasteiger partial charge in [0, 0.05) is 27.1 Å². The Hall–Kier alpha value is -2.39. The highest BCUT2D eigenvalue weighted by Gasteiger charge is 2.23. The first-order valence-electron chi connectivity index (χ1n) is 9.75. The van der Waals surface area contributed by atoms with E-state index in [9.17, 15) is 14.3 Å². The third-order valence-corrected chi connectivity index (χ3v) is 7.04. The number of anilines is 1. The van der Waals surface area contributed by atoms with Gasteiger partial charge in [-0.1, -0.05) is 60.5 Å². The van der Waals surface area contributed by atoms with Crippen LogP contribution in [0.15, 0.2) is 52.4 Å². The topological polar surface area (TPSA) is 86.1 Å². The number of nitrogens with zero attached hydrogens (tertiary/aromatic N) is 1. The fourth-order valence-electron chi connectivity index (χ4n) is 3.03. The number of hydrogen-bond donors (Lipinski definition) is 3. The van der Waals surface area contributed by atoms with Crippen LogP contribution in [0.3, 0.4) is 0 Å². The second-order valence-electron chi connectivity index (χ2n) is 7.26. The third kappa shape index (κ3) is 6.14. The monoisotopic (exact) mass is 523 g/mol. The molecule has 2 aromatic carbocycles. The van der Waals surface area contributed by atoms with Crippen molar-refractivity contribution in [2.75, 3.05) is 5.32 Å². The SMILES string of the molecule is CC(=N)/C(=C(\Nc1nc(-c2ccc(Cl)cc2Cl)c(SC(C)C)s1)C(=O)O)c1cccc(F)c1. The summed E-state index contributed by atoms with van der Waals surface area (Å²) < 4.78 is 14.7. The molecule has 0 fully saturated rings. The standard InChI is InChI=1S/C23H20Cl2FN3O2S2/c1-11(2)32-22-19(16-8-7-14(24)10-17(16)25)28-23(33-22)29-20(21(30)31)18(12(3)27)13-5-4-6-15(26)9-13/h4-11,27H,1-3H3,(H,28,29)(H,30,31)/b20-18+,27-12?. The lowest BCUT2D eigenvalue weighted by Gasteiger charge is -2.12. The van der Waals surface area contributed by atoms with Crippen LogP contribution >= 0.6 is 46.3 Å². The summed E-state index contributed by atoms with van der Waals surface area (Å²) in [5, 5.41) is 22.4. The molecule has 5 nitrogen and oxygen atoms in total. The Bertz CT molecular complexity index is 1260. The van der Waals surface area contributed by atoms with Gasteiger partial charge in [-0.05, 0) is 42.8 Å². The van der Waals surface area contributed by atoms with E-state index in [1.165, 1.54) is 36.5 Å². The van der Waals surface area contributed by atoms with E-state index < -0.39 is 11.8 Å². The number of aromatic nitrogens is 1. The molecule has 0 spiro atoms. The minimum atomic E-state index is -1.29. The van der Waals surface area contributed by atoms with Crippen LogP contribution in [-0.4, -0.2) is 27.0 Å². The number of carbonyl (C=O) groups is 1. The molecule has 10 heteroatoms. The molecule has 3 aromatic rings. The fraction of sp³-hybridized carbons (Fsp3) is 0.174. The highest BCUT2D eigenvalue weighted by atomic mass is 35.5. The van der Waals surface area contributed by atoms with Crippen molar-refractivity contribution in [2.45, 2.75) is 30.2 Å². The van der Waals surface area contributed by atoms with Gasteiger partial charge in [0.25, 0.3) is 0 Å². The lowest BCUT2D eigenvalue weighted by molar-refractivity contribution is -0.132. The number of carboxylic acid groups (broad SMARTS) is 1. The maximum atomic E-state index is 13.8. The molecular weight excluding hydrogens is 504 g/mol. The highest BCUT2D eigenvalue weighted by molar-refractivity contribution is 8.01. The molecule has 0 unspecified atom stereocenters. The Morgan fingerprint density at radius 3 is 2.55 bits per heavy atom. The van der Waals surface area contributed by atoms with Crippen LogP contribution in [0.2, 0.25) is 10.0 Å². The zero-order valence-electron chi connectivity index (χ0n) is 17.9. The molecule has 3 rings (SSSR count). The molecule has 1 heterocycles. The quantitative estimate of drug-likeness (QED) is 0.160. The first-order valence-corrected chi connectivity index (χ1v) is 12.2. The van der Waals surface area contributed by atoms with Crippen LogP contribution in [0.5, 0.6) is 0 Å². The molecule has 0 saturated heterocycles. The Labute approximate surface area is 209 Å². The lowest BCUT2D eigenvalue weighted by Crippen LogP contribution is -2.16. The van der Waals surface area contributed by atoms with Crippen molar-refractivity contribution in [1.82, 2.24) is 4.98 Å². The normalized spacial score (nSPS) is 12.0. The van der Waals surface area contributed by atoms with Crippen molar-refractivity contribution in [3.8, 4) is 11.3 Å². The number of rotatable bonds is 8. The summed E-state index contributed by atoms with van der Waals surface area (Å²) in [5.74, 6) is -1.82. The van der Waals surface area contributed by atoms with Gasteiger partial charge in [0.1, 0.15) is 11.5 Å². The second kappa shape index (κ2) is 10.7. The molecule has 0 aliphatic heterocycles. The molecule has 0 saturated carbocycles. The Balaban J connectivity index is 2.14. The maximum Gasteiger partial charge on any atom is 0.353 e. The fourth-order valence-corrected chi connectivity index (χ4v) is 5.95. The van der Waals surface area contributed by atoms with E-state index in [1.54, 1.807) is 36.0 Å². The van der Waals surface area contributed by atoms with E-state index in [0.29, 0.717) is 26.4 Å². The van der Waals surface area contributed by atoms with Crippen LogP contribution < -0.4 is 5.32 Å². The number of benzene rings is 2. The summed E-state index contributed by atoms with van der Waals surface area (Å²) in [4.78, 5) is 16.8. The molecule has 0 bridgehead atoms. The molecule has 172 valence electrons. The Kier molecular flexibility index (Phi) is 8.18. The van der Waals surface area contributed by atoms with Crippen molar-refractivity contribution < 1.29 is 14.3 Å². The van der Waals surface area contributed by atoms with Crippen LogP contribution in [0, 0.1) is 11.2 Å². The number of carboxylic acids is 1. The predicted molar refractivity (Wildman–Crippen MR) is 137 cm³/mol. The summed E-state index contributed by atoms with van der Waals surface area (Å²) in [7, 11) is 0. The average Bonchev–Trinajstić information content (AvgIpc) is 3.08. The maximum absolute atomic E-state index is 13.8. The number of nitrogens with one attached hydrogen (secondary N) is 2. The van der Waals surface area contributed by atoms with Gasteiger partial charge in [0.15, 0.2) is 5.13 Å². The summed E-state index contributed by atoms with van der Waals surface area (Å²) in [6, 6.07) is 10.6. The van der Waals surface area contributed by atoms with Gasteiger partial charge < -0.3 is 15.8 Å². The number of aliphatic carboxylic acids is 1. The van der Waals surface area contributed by atoms with Gasteiger partial charge >= 0.3 is 5.97 Å². The molecule has 33 heavy (non-hydrogen) atoms. The summed E-state index contributed by atoms with van der Waals surface area (Å²) in [6.45, 7) is 5.52. The highest BCUT2D eigenvalue weighted by Crippen LogP contribution is 2.43. The summed E-state index contributed by atoms with van der Waals surface area (Å²) >= 11 is 15.3. The first kappa shape index (κ1) is 25.2. The van der Waals surface area contributed by atoms with Crippen LogP contribution in [0.25, 0.3) is 16.8 Å². The van der Waals surface area contributed by atoms with Crippen molar-refractivity contribution in [3.63, 3.8) is 0 Å². The molecule has 0 aliphatic carbocycles. The minimum Gasteiger partial charge on any atom is -0.477 e. The minimum absolute atomic E-state index is 0.0280. The average molecular weight is 524 g/mol. The van der Waals surface area contributed by atoms with E-state index in [4.69, 9.17) is 28.6 Å². The molecule has 0 radical (unpaired) electrons. The van der Waals surface area contributed by atoms with Crippen molar-refractivity contribution in [2.24, 2.45) is 0 Å². The van der Waals surface area contributed by atoms with Crippen LogP contribution in [0.4, 0.5) is 9.52 Å². The number of halogens is 3. The van der Waals surface area contributed by atoms with Crippen molar-refractivity contribution >= 4 is 68.7 Å². The van der Waals surface area contributed by atoms with E-state index in [-0.39, 0.29) is 27.8 Å². The molecule has 0 amide bonds. The van der Waals surface area contributed by atoms with Gasteiger partial charge in [-0.2, -0.15) is 0 Å². The second-order valence-corrected chi connectivity index (χ2v) is 10.9. The number of thiazole rings is 1. The van der Waals surface area contributed by atoms with Gasteiger partial charge in [0.05, 0.1) is 14.9 Å². The van der Waals surface area contributed by atoms with Crippen LogP contribution in [-0.2, 0) is 4.79 Å². The summed E-state index contributed by atoms with van der Waals surface area (Å²) in [6.07, 6.45) is 0. The van der Waals surface area contributed by atoms with E-state index in [2.05, 4.69) is 10.3 Å². The molecule has 3 N–H and O–H groups in total. The Morgan fingerprint density at radius 1 is 1.24 bits per heavy atom. The third-order valence-electron chi connectivity index (χ3n) is 4.31. The molecule has 0 aliphatic rings. The van der Waals surface area contributed by atoms with E-state index in [1.807, 2.05) is 13.8 Å². The largest absolute Gasteiger partial charge is 0.477 e. The van der Waals surface area contributed by atoms with Gasteiger partial charge in [-0.3, -0.25) is 0 Å². The van der Waals surface area contributed by atoms with E-state index in [0.717, 1.165) is 4.21 Å². The van der Waals surface area contributed by atoms with Gasteiger partial charge in [-0.15, -0.1) is 11.8 Å². The van der Waals surface area contributed by atoms with Gasteiger partial charge in [0.2, 0.25) is 0 Å². The van der Waals surface area contributed by atoms with Crippen molar-refractivity contribution in [3.05, 3.63) is 69.6 Å². The zero-order chi connectivity index (χ0) is 24.3. The molecule has 1 aromatic heterocycles. The number of thioether (sulfide) groups is 1. The van der Waals surface area contributed by atoms with Crippen LogP contribution in [0.1, 0.15) is 26.3 Å². The number of allylic oxidation sites excluding steroid dienone is 1. The van der Waals surface area contributed by atoms with E-state index >= 15 is 0 Å². The summed E-state index contributed by atoms with van der Waals surface area (Å²) in [5.41, 5.74) is 1.33. The molecular formula is C23H20Cl2FN3O2S2. The van der Waals surface area contributed by atoms with Crippen molar-refractivity contribution in [1.29, 1.82) is 5.41 Å². The first-order chi connectivity index (χ1) is 15.6.